The number of carbonyl (C=O) groups excluding carboxylic acids is 3. The van der Waals surface area contributed by atoms with Crippen molar-refractivity contribution in [3.8, 4) is 11.5 Å². The molecular formula is C19H17NO6S. The van der Waals surface area contributed by atoms with Crippen LogP contribution in [0.4, 0.5) is 5.69 Å². The van der Waals surface area contributed by atoms with E-state index in [4.69, 9.17) is 14.2 Å². The highest BCUT2D eigenvalue weighted by Gasteiger charge is 2.18. The molecule has 0 fully saturated rings. The van der Waals surface area contributed by atoms with Gasteiger partial charge in [0.05, 0.1) is 18.6 Å². The van der Waals surface area contributed by atoms with Crippen LogP contribution in [0.1, 0.15) is 10.4 Å². The summed E-state index contributed by atoms with van der Waals surface area (Å²) >= 11 is 1.31. The van der Waals surface area contributed by atoms with Gasteiger partial charge in [-0.15, -0.1) is 11.8 Å². The molecule has 0 aliphatic carbocycles. The lowest BCUT2D eigenvalue weighted by atomic mass is 10.1. The Morgan fingerprint density at radius 3 is 2.70 bits per heavy atom. The van der Waals surface area contributed by atoms with Crippen LogP contribution in [0.3, 0.4) is 0 Å². The molecule has 0 saturated carbocycles. The number of methoxy groups -OCH3 is 1. The van der Waals surface area contributed by atoms with Crippen molar-refractivity contribution >= 4 is 35.1 Å². The average Bonchev–Trinajstić information content (AvgIpc) is 2.70. The molecule has 8 heteroatoms. The Balaban J connectivity index is 1.49. The summed E-state index contributed by atoms with van der Waals surface area (Å²) in [6.45, 7) is -0.417. The molecule has 0 unspecified atom stereocenters. The summed E-state index contributed by atoms with van der Waals surface area (Å²) in [7, 11) is 1.58. The van der Waals surface area contributed by atoms with Crippen molar-refractivity contribution in [2.75, 3.05) is 31.4 Å². The number of amides is 1. The van der Waals surface area contributed by atoms with Gasteiger partial charge >= 0.3 is 5.97 Å². The molecule has 1 N–H and O–H groups in total. The Bertz CT molecular complexity index is 865. The first-order chi connectivity index (χ1) is 13.0. The first-order valence-corrected chi connectivity index (χ1v) is 9.06. The van der Waals surface area contributed by atoms with Crippen molar-refractivity contribution in [2.45, 2.75) is 4.90 Å². The number of carbonyl (C=O) groups is 3. The maximum atomic E-state index is 12.2. The second-order valence-electron chi connectivity index (χ2n) is 5.60. The van der Waals surface area contributed by atoms with Gasteiger partial charge in [-0.3, -0.25) is 14.4 Å². The highest BCUT2D eigenvalue weighted by molar-refractivity contribution is 8.00. The van der Waals surface area contributed by atoms with Crippen LogP contribution in [-0.4, -0.2) is 43.7 Å². The zero-order valence-electron chi connectivity index (χ0n) is 14.5. The van der Waals surface area contributed by atoms with Gasteiger partial charge < -0.3 is 19.5 Å². The molecule has 2 aromatic rings. The maximum absolute atomic E-state index is 12.2. The van der Waals surface area contributed by atoms with Crippen LogP contribution < -0.4 is 14.8 Å². The number of anilines is 1. The van der Waals surface area contributed by atoms with E-state index in [1.54, 1.807) is 31.4 Å². The van der Waals surface area contributed by atoms with Crippen LogP contribution in [0, 0.1) is 0 Å². The molecule has 0 atom stereocenters. The van der Waals surface area contributed by atoms with Crippen LogP contribution in [-0.2, 0) is 14.3 Å². The molecule has 1 aliphatic heterocycles. The van der Waals surface area contributed by atoms with Crippen LogP contribution >= 0.6 is 11.8 Å². The third kappa shape index (κ3) is 5.01. The van der Waals surface area contributed by atoms with E-state index in [2.05, 4.69) is 5.32 Å². The number of Topliss-reactive ketones (excluding diaryl/α,β-unsaturated/α-hetero) is 1. The Kier molecular flexibility index (Phi) is 5.97. The second-order valence-corrected chi connectivity index (χ2v) is 6.64. The third-order valence-corrected chi connectivity index (χ3v) is 4.70. The van der Waals surface area contributed by atoms with E-state index in [0.717, 1.165) is 10.6 Å². The van der Waals surface area contributed by atoms with Crippen LogP contribution in [0.2, 0.25) is 0 Å². The minimum atomic E-state index is -0.487. The summed E-state index contributed by atoms with van der Waals surface area (Å²) in [6, 6.07) is 12.0. The van der Waals surface area contributed by atoms with E-state index < -0.39 is 5.97 Å². The molecule has 1 heterocycles. The monoisotopic (exact) mass is 387 g/mol. The molecule has 3 rings (SSSR count). The van der Waals surface area contributed by atoms with Crippen molar-refractivity contribution in [1.82, 2.24) is 0 Å². The van der Waals surface area contributed by atoms with Gasteiger partial charge in [0.25, 0.3) is 5.91 Å². The first kappa shape index (κ1) is 18.8. The number of hydrogen-bond donors (Lipinski definition) is 1. The lowest BCUT2D eigenvalue weighted by molar-refractivity contribution is -0.139. The number of hydrogen-bond acceptors (Lipinski definition) is 7. The summed E-state index contributed by atoms with van der Waals surface area (Å²) in [4.78, 5) is 36.3. The minimum Gasteiger partial charge on any atom is -0.497 e. The zero-order chi connectivity index (χ0) is 19.2. The fourth-order valence-electron chi connectivity index (χ4n) is 2.34. The summed E-state index contributed by atoms with van der Waals surface area (Å²) in [6.07, 6.45) is 0. The van der Waals surface area contributed by atoms with Crippen molar-refractivity contribution in [3.63, 3.8) is 0 Å². The van der Waals surface area contributed by atoms with Gasteiger partial charge in [-0.05, 0) is 42.5 Å². The van der Waals surface area contributed by atoms with Crippen LogP contribution in [0.25, 0.3) is 0 Å². The summed E-state index contributed by atoms with van der Waals surface area (Å²) in [5, 5.41) is 2.63. The molecule has 140 valence electrons. The molecule has 2 aromatic carbocycles. The van der Waals surface area contributed by atoms with E-state index in [9.17, 15) is 14.4 Å². The number of thioether (sulfide) groups is 1. The van der Waals surface area contributed by atoms with Crippen LogP contribution in [0.15, 0.2) is 47.4 Å². The SMILES string of the molecule is COc1ccc(SCC(=O)OCC(=O)c2ccc3c(c2)NC(=O)CO3)cc1. The minimum absolute atomic E-state index is 0.0518. The molecular weight excluding hydrogens is 370 g/mol. The highest BCUT2D eigenvalue weighted by Crippen LogP contribution is 2.28. The predicted octanol–water partition coefficient (Wildman–Crippen LogP) is 2.54. The summed E-state index contributed by atoms with van der Waals surface area (Å²) < 4.78 is 15.3. The Morgan fingerprint density at radius 1 is 1.19 bits per heavy atom. The molecule has 1 aliphatic rings. The normalized spacial score (nSPS) is 12.4. The number of esters is 1. The van der Waals surface area contributed by atoms with Gasteiger partial charge in [-0.1, -0.05) is 0 Å². The maximum Gasteiger partial charge on any atom is 0.316 e. The number of benzene rings is 2. The van der Waals surface area contributed by atoms with E-state index in [0.29, 0.717) is 17.0 Å². The molecule has 0 aromatic heterocycles. The lowest BCUT2D eigenvalue weighted by Gasteiger charge is -2.18. The number of ether oxygens (including phenoxy) is 3. The highest BCUT2D eigenvalue weighted by atomic mass is 32.2. The fourth-order valence-corrected chi connectivity index (χ4v) is 3.04. The van der Waals surface area contributed by atoms with Gasteiger partial charge in [0.15, 0.2) is 19.0 Å². The van der Waals surface area contributed by atoms with E-state index in [1.165, 1.54) is 17.8 Å². The second kappa shape index (κ2) is 8.59. The molecule has 0 bridgehead atoms. The molecule has 0 saturated heterocycles. The van der Waals surface area contributed by atoms with E-state index in [-0.39, 0.29) is 30.7 Å². The third-order valence-electron chi connectivity index (χ3n) is 3.71. The standard InChI is InChI=1S/C19H17NO6S/c1-24-13-3-5-14(6-4-13)27-11-19(23)26-9-16(21)12-2-7-17-15(8-12)20-18(22)10-25-17/h2-8H,9-11H2,1H3,(H,20,22). The average molecular weight is 387 g/mol. The first-order valence-electron chi connectivity index (χ1n) is 8.07. The summed E-state index contributed by atoms with van der Waals surface area (Å²) in [5.41, 5.74) is 0.758. The number of nitrogens with one attached hydrogen (secondary N) is 1. The number of fused-ring (bicyclic) bond motifs is 1. The van der Waals surface area contributed by atoms with Gasteiger partial charge in [0, 0.05) is 10.5 Å². The van der Waals surface area contributed by atoms with Crippen molar-refractivity contribution in [1.29, 1.82) is 0 Å². The Labute approximate surface area is 160 Å². The predicted molar refractivity (Wildman–Crippen MR) is 99.6 cm³/mol. The zero-order valence-corrected chi connectivity index (χ0v) is 15.3. The smallest absolute Gasteiger partial charge is 0.316 e. The van der Waals surface area contributed by atoms with Gasteiger partial charge in [-0.2, -0.15) is 0 Å². The van der Waals surface area contributed by atoms with Crippen molar-refractivity contribution in [3.05, 3.63) is 48.0 Å². The molecule has 7 nitrogen and oxygen atoms in total. The van der Waals surface area contributed by atoms with E-state index >= 15 is 0 Å². The number of rotatable bonds is 7. The topological polar surface area (TPSA) is 90.9 Å². The quantitative estimate of drug-likeness (QED) is 0.443. The van der Waals surface area contributed by atoms with Gasteiger partial charge in [-0.25, -0.2) is 0 Å². The number of ketones is 1. The fraction of sp³-hybridized carbons (Fsp3) is 0.211. The largest absolute Gasteiger partial charge is 0.497 e. The molecule has 0 spiro atoms. The van der Waals surface area contributed by atoms with Crippen molar-refractivity contribution in [2.24, 2.45) is 0 Å². The van der Waals surface area contributed by atoms with Gasteiger partial charge in [0.2, 0.25) is 0 Å². The molecule has 1 amide bonds. The van der Waals surface area contributed by atoms with Crippen molar-refractivity contribution < 1.29 is 28.6 Å². The Hall–Kier alpha value is -3.00. The Morgan fingerprint density at radius 2 is 1.96 bits per heavy atom. The van der Waals surface area contributed by atoms with E-state index in [1.807, 2.05) is 12.1 Å². The molecule has 27 heavy (non-hydrogen) atoms. The lowest BCUT2D eigenvalue weighted by Crippen LogP contribution is -2.25. The molecule has 0 radical (unpaired) electrons. The van der Waals surface area contributed by atoms with Gasteiger partial charge in [0.1, 0.15) is 11.5 Å². The summed E-state index contributed by atoms with van der Waals surface area (Å²) in [5.74, 6) is 0.194. The van der Waals surface area contributed by atoms with Crippen LogP contribution in [0.5, 0.6) is 11.5 Å².